The minimum Gasteiger partial charge on any atom is -0.465 e. The fourth-order valence-electron chi connectivity index (χ4n) is 8.45. The molecule has 1 unspecified atom stereocenters. The summed E-state index contributed by atoms with van der Waals surface area (Å²) in [5.41, 5.74) is 5.68. The number of nitrogens with zero attached hydrogens (tertiary/aromatic N) is 5. The minimum atomic E-state index is -4.79. The molecule has 4 heterocycles. The van der Waals surface area contributed by atoms with Crippen molar-refractivity contribution in [2.75, 3.05) is 83.1 Å². The van der Waals surface area contributed by atoms with Crippen molar-refractivity contribution < 1.29 is 41.8 Å². The van der Waals surface area contributed by atoms with E-state index in [-0.39, 0.29) is 60.2 Å². The fraction of sp³-hybridized carbons (Fsp3) is 0.610. The quantitative estimate of drug-likeness (QED) is 0.161. The van der Waals surface area contributed by atoms with Crippen LogP contribution in [0.25, 0.3) is 0 Å². The number of esters is 1. The number of halogens is 4. The van der Waals surface area contributed by atoms with Crippen molar-refractivity contribution >= 4 is 47.0 Å². The van der Waals surface area contributed by atoms with Crippen LogP contribution in [0.1, 0.15) is 69.1 Å². The van der Waals surface area contributed by atoms with Crippen LogP contribution >= 0.6 is 11.6 Å². The molecule has 0 aliphatic carbocycles. The van der Waals surface area contributed by atoms with Gasteiger partial charge in [0.2, 0.25) is 0 Å². The van der Waals surface area contributed by atoms with E-state index in [1.807, 2.05) is 31.2 Å². The predicted molar refractivity (Wildman–Crippen MR) is 213 cm³/mol. The summed E-state index contributed by atoms with van der Waals surface area (Å²) >= 11 is 6.15. The highest BCUT2D eigenvalue weighted by atomic mass is 35.5. The average Bonchev–Trinajstić information content (AvgIpc) is 3.37. The van der Waals surface area contributed by atoms with Crippen molar-refractivity contribution in [1.29, 1.82) is 0 Å². The van der Waals surface area contributed by atoms with Gasteiger partial charge >= 0.3 is 24.3 Å². The molecule has 3 N–H and O–H groups in total. The molecule has 58 heavy (non-hydrogen) atoms. The van der Waals surface area contributed by atoms with Gasteiger partial charge < -0.3 is 35.2 Å². The Morgan fingerprint density at radius 3 is 2.34 bits per heavy atom. The van der Waals surface area contributed by atoms with Gasteiger partial charge in [-0.25, -0.2) is 9.59 Å². The van der Waals surface area contributed by atoms with E-state index in [4.69, 9.17) is 26.8 Å². The van der Waals surface area contributed by atoms with Crippen LogP contribution < -0.4 is 11.1 Å². The van der Waals surface area contributed by atoms with Gasteiger partial charge in [0.1, 0.15) is 0 Å². The van der Waals surface area contributed by atoms with Crippen LogP contribution in [0, 0.1) is 0 Å². The average molecular weight is 834 g/mol. The summed E-state index contributed by atoms with van der Waals surface area (Å²) in [6.45, 7) is 9.22. The highest BCUT2D eigenvalue weighted by molar-refractivity contribution is 6.33. The molecule has 0 aromatic heterocycles. The minimum absolute atomic E-state index is 0.0525. The van der Waals surface area contributed by atoms with Gasteiger partial charge in [-0.2, -0.15) is 13.2 Å². The van der Waals surface area contributed by atoms with Crippen molar-refractivity contribution in [3.05, 3.63) is 58.1 Å². The smallest absolute Gasteiger partial charge is 0.418 e. The number of carbonyl (C=O) groups is 4. The molecule has 4 aliphatic rings. The number of unbranched alkanes of at least 4 members (excludes halogenated alkanes) is 1. The predicted octanol–water partition coefficient (Wildman–Crippen LogP) is 5.89. The number of hydrogen-bond acceptors (Lipinski definition) is 9. The lowest BCUT2D eigenvalue weighted by Gasteiger charge is -2.49. The summed E-state index contributed by atoms with van der Waals surface area (Å²) in [6, 6.07) is 9.47. The number of piperidine rings is 2. The van der Waals surface area contributed by atoms with Gasteiger partial charge in [0.25, 0.3) is 5.91 Å². The van der Waals surface area contributed by atoms with Gasteiger partial charge in [0, 0.05) is 82.6 Å². The van der Waals surface area contributed by atoms with Gasteiger partial charge in [0.15, 0.2) is 6.10 Å². The van der Waals surface area contributed by atoms with E-state index >= 15 is 0 Å². The number of nitrogens with one attached hydrogen (secondary N) is 1. The van der Waals surface area contributed by atoms with E-state index in [0.29, 0.717) is 58.6 Å². The maximum Gasteiger partial charge on any atom is 0.418 e. The van der Waals surface area contributed by atoms with E-state index in [1.165, 1.54) is 11.0 Å². The van der Waals surface area contributed by atoms with Crippen LogP contribution in [0.3, 0.4) is 0 Å². The Balaban J connectivity index is 1.08. The van der Waals surface area contributed by atoms with Crippen LogP contribution in [0.5, 0.6) is 0 Å². The lowest BCUT2D eigenvalue weighted by Crippen LogP contribution is -2.61. The van der Waals surface area contributed by atoms with E-state index in [0.717, 1.165) is 56.1 Å². The SMILES string of the molecule is CCCCOC(=O)CN1CCC(C)(N2CCN(C(=O)C(Cc3cc(Cl)c(N)c(C(F)(F)F)c3)OC(=O)N3CCC(N4CCc5ccccc5NC4=O)CC3)CC2)CC1. The standard InChI is InChI=1S/C41H55ClF3N7O6/c1-3-4-23-57-35(53)27-48-17-12-40(2,13-18-48)51-21-19-49(20-22-51)37(54)34(26-28-24-31(41(43,44)45)36(46)32(42)25-28)58-39(56)50-14-10-30(11-15-50)52-16-9-29-7-5-6-8-33(29)47-38(52)55/h5-8,24-25,30,34H,3-4,9-23,26-27,46H2,1-2H3,(H,47,55). The van der Waals surface area contributed by atoms with Gasteiger partial charge in [-0.3, -0.25) is 19.4 Å². The van der Waals surface area contributed by atoms with Crippen LogP contribution in [-0.2, 0) is 38.1 Å². The zero-order valence-electron chi connectivity index (χ0n) is 33.3. The Labute approximate surface area is 342 Å². The van der Waals surface area contributed by atoms with Crippen molar-refractivity contribution in [3.8, 4) is 0 Å². The van der Waals surface area contributed by atoms with Gasteiger partial charge in [-0.1, -0.05) is 43.1 Å². The van der Waals surface area contributed by atoms with Crippen molar-refractivity contribution in [2.45, 2.75) is 89.1 Å². The first-order valence-corrected chi connectivity index (χ1v) is 20.7. The summed E-state index contributed by atoms with van der Waals surface area (Å²) in [6.07, 6.45) is -2.20. The van der Waals surface area contributed by atoms with E-state index < -0.39 is 35.5 Å². The number of hydrogen-bond donors (Lipinski definition) is 2. The van der Waals surface area contributed by atoms with Crippen LogP contribution in [-0.4, -0.2) is 138 Å². The van der Waals surface area contributed by atoms with Crippen LogP contribution in [0.2, 0.25) is 5.02 Å². The Morgan fingerprint density at radius 2 is 1.67 bits per heavy atom. The maximum atomic E-state index is 14.2. The summed E-state index contributed by atoms with van der Waals surface area (Å²) in [5, 5.41) is 2.67. The third kappa shape index (κ3) is 10.5. The molecule has 1 atom stereocenters. The second-order valence-electron chi connectivity index (χ2n) is 16.0. The summed E-state index contributed by atoms with van der Waals surface area (Å²) in [5.74, 6) is -0.722. The second-order valence-corrected chi connectivity index (χ2v) is 16.4. The molecule has 4 amide bonds. The van der Waals surface area contributed by atoms with Gasteiger partial charge in [0.05, 0.1) is 29.4 Å². The molecule has 0 saturated carbocycles. The first-order valence-electron chi connectivity index (χ1n) is 20.3. The molecule has 2 aromatic carbocycles. The summed E-state index contributed by atoms with van der Waals surface area (Å²) in [7, 11) is 0. The molecular formula is C41H55ClF3N7O6. The fourth-order valence-corrected chi connectivity index (χ4v) is 8.69. The summed E-state index contributed by atoms with van der Waals surface area (Å²) in [4.78, 5) is 62.7. The molecule has 4 aliphatic heterocycles. The van der Waals surface area contributed by atoms with E-state index in [2.05, 4.69) is 22.0 Å². The molecule has 0 radical (unpaired) electrons. The normalized spacial score (nSPS) is 20.2. The molecule has 0 spiro atoms. The molecule has 318 valence electrons. The monoisotopic (exact) mass is 833 g/mol. The number of anilines is 2. The van der Waals surface area contributed by atoms with Gasteiger partial charge in [-0.15, -0.1) is 0 Å². The third-order valence-electron chi connectivity index (χ3n) is 12.1. The number of rotatable bonds is 11. The number of benzene rings is 2. The molecular weight excluding hydrogens is 779 g/mol. The zero-order chi connectivity index (χ0) is 41.6. The number of para-hydroxylation sites is 1. The lowest BCUT2D eigenvalue weighted by atomic mass is 9.87. The Kier molecular flexibility index (Phi) is 14.0. The number of urea groups is 1. The summed E-state index contributed by atoms with van der Waals surface area (Å²) < 4.78 is 53.0. The highest BCUT2D eigenvalue weighted by Gasteiger charge is 2.41. The molecule has 0 bridgehead atoms. The number of fused-ring (bicyclic) bond motifs is 1. The zero-order valence-corrected chi connectivity index (χ0v) is 34.1. The highest BCUT2D eigenvalue weighted by Crippen LogP contribution is 2.38. The Morgan fingerprint density at radius 1 is 0.983 bits per heavy atom. The molecule has 17 heteroatoms. The number of alkyl halides is 3. The number of nitrogen functional groups attached to an aromatic ring is 1. The van der Waals surface area contributed by atoms with Crippen LogP contribution in [0.15, 0.2) is 36.4 Å². The number of nitrogens with two attached hydrogens (primary N) is 1. The van der Waals surface area contributed by atoms with E-state index in [1.54, 1.807) is 9.80 Å². The van der Waals surface area contributed by atoms with Crippen molar-refractivity contribution in [3.63, 3.8) is 0 Å². The first-order chi connectivity index (χ1) is 27.6. The van der Waals surface area contributed by atoms with E-state index in [9.17, 15) is 32.3 Å². The molecule has 6 rings (SSSR count). The maximum absolute atomic E-state index is 14.2. The largest absolute Gasteiger partial charge is 0.465 e. The molecule has 3 fully saturated rings. The first kappa shape index (κ1) is 43.3. The second kappa shape index (κ2) is 18.8. The number of piperazine rings is 1. The van der Waals surface area contributed by atoms with Crippen LogP contribution in [0.4, 0.5) is 34.1 Å². The number of likely N-dealkylation sites (tertiary alicyclic amines) is 2. The molecule has 3 saturated heterocycles. The number of ether oxygens (including phenoxy) is 2. The van der Waals surface area contributed by atoms with Crippen molar-refractivity contribution in [1.82, 2.24) is 24.5 Å². The topological polar surface area (TPSA) is 141 Å². The Hall–Kier alpha value is -4.28. The Bertz CT molecular complexity index is 1790. The third-order valence-corrected chi connectivity index (χ3v) is 12.5. The number of carbonyl (C=O) groups excluding carboxylic acids is 4. The van der Waals surface area contributed by atoms with Gasteiger partial charge in [-0.05, 0) is 74.8 Å². The lowest BCUT2D eigenvalue weighted by molar-refractivity contribution is -0.146. The number of amides is 4. The molecule has 2 aromatic rings. The van der Waals surface area contributed by atoms with Crippen molar-refractivity contribution in [2.24, 2.45) is 0 Å². The molecule has 13 nitrogen and oxygen atoms in total.